The van der Waals surface area contributed by atoms with Gasteiger partial charge in [-0.2, -0.15) is 0 Å². The van der Waals surface area contributed by atoms with Crippen molar-refractivity contribution in [3.63, 3.8) is 0 Å². The molecule has 1 fully saturated rings. The van der Waals surface area contributed by atoms with Gasteiger partial charge in [0, 0.05) is 31.1 Å². The number of aromatic nitrogens is 2. The van der Waals surface area contributed by atoms with Gasteiger partial charge in [-0.1, -0.05) is 48.5 Å². The molecule has 0 bridgehead atoms. The normalized spacial score (nSPS) is 16.9. The third kappa shape index (κ3) is 4.52. The number of anilines is 1. The van der Waals surface area contributed by atoms with Gasteiger partial charge in [0.1, 0.15) is 10.0 Å². The Hall–Kier alpha value is -2.73. The molecular weight excluding hydrogens is 356 g/mol. The fourth-order valence-electron chi connectivity index (χ4n) is 3.36. The zero-order chi connectivity index (χ0) is 18.5. The Morgan fingerprint density at radius 1 is 1.07 bits per heavy atom. The molecule has 2 amide bonds. The second kappa shape index (κ2) is 8.31. The summed E-state index contributed by atoms with van der Waals surface area (Å²) in [5.41, 5.74) is 2.07. The summed E-state index contributed by atoms with van der Waals surface area (Å²) in [6, 6.07) is 19.9. The van der Waals surface area contributed by atoms with Crippen LogP contribution in [0.4, 0.5) is 10.5 Å². The lowest BCUT2D eigenvalue weighted by Crippen LogP contribution is -2.41. The molecular formula is C21H22N4OS. The number of carbonyl (C=O) groups excluding carboxylic acids is 1. The molecule has 27 heavy (non-hydrogen) atoms. The van der Waals surface area contributed by atoms with Crippen molar-refractivity contribution >= 4 is 23.1 Å². The van der Waals surface area contributed by atoms with Crippen molar-refractivity contribution in [2.75, 3.05) is 18.4 Å². The summed E-state index contributed by atoms with van der Waals surface area (Å²) in [7, 11) is 0. The molecule has 2 heterocycles. The summed E-state index contributed by atoms with van der Waals surface area (Å²) in [5.74, 6) is 0.266. The largest absolute Gasteiger partial charge is 0.324 e. The summed E-state index contributed by atoms with van der Waals surface area (Å²) in [6.07, 6.45) is 2.85. The maximum absolute atomic E-state index is 12.6. The van der Waals surface area contributed by atoms with E-state index in [1.807, 2.05) is 53.4 Å². The first-order valence-corrected chi connectivity index (χ1v) is 10.1. The summed E-state index contributed by atoms with van der Waals surface area (Å²) in [6.45, 7) is 1.48. The van der Waals surface area contributed by atoms with Crippen molar-refractivity contribution in [3.05, 3.63) is 76.2 Å². The van der Waals surface area contributed by atoms with Crippen LogP contribution in [0, 0.1) is 0 Å². The number of likely N-dealkylation sites (tertiary alicyclic amines) is 1. The number of benzene rings is 2. The molecule has 5 nitrogen and oxygen atoms in total. The van der Waals surface area contributed by atoms with Crippen LogP contribution in [-0.4, -0.2) is 34.2 Å². The van der Waals surface area contributed by atoms with Crippen LogP contribution in [0.25, 0.3) is 0 Å². The first kappa shape index (κ1) is 17.7. The second-order valence-electron chi connectivity index (χ2n) is 6.78. The second-order valence-corrected chi connectivity index (χ2v) is 7.87. The average molecular weight is 379 g/mol. The molecule has 4 rings (SSSR count). The SMILES string of the molecule is O=C(Nc1ccccc1)N1CCCC(c2nnc(Cc3ccccc3)s2)C1. The van der Waals surface area contributed by atoms with E-state index >= 15 is 0 Å². The molecule has 1 aliphatic heterocycles. The van der Waals surface area contributed by atoms with Crippen molar-refractivity contribution in [3.8, 4) is 0 Å². The van der Waals surface area contributed by atoms with Crippen LogP contribution in [-0.2, 0) is 6.42 Å². The minimum Gasteiger partial charge on any atom is -0.324 e. The van der Waals surface area contributed by atoms with Crippen LogP contribution in [0.3, 0.4) is 0 Å². The third-order valence-corrected chi connectivity index (χ3v) is 5.85. The van der Waals surface area contributed by atoms with E-state index in [4.69, 9.17) is 0 Å². The molecule has 138 valence electrons. The summed E-state index contributed by atoms with van der Waals surface area (Å²) in [5, 5.41) is 13.8. The van der Waals surface area contributed by atoms with E-state index < -0.39 is 0 Å². The fraction of sp³-hybridized carbons (Fsp3) is 0.286. The Labute approximate surface area is 163 Å². The van der Waals surface area contributed by atoms with Gasteiger partial charge in [-0.25, -0.2) is 4.79 Å². The average Bonchev–Trinajstić information content (AvgIpc) is 3.18. The molecule has 1 unspecified atom stereocenters. The Kier molecular flexibility index (Phi) is 5.44. The van der Waals surface area contributed by atoms with Crippen LogP contribution < -0.4 is 5.32 Å². The van der Waals surface area contributed by atoms with Gasteiger partial charge >= 0.3 is 6.03 Å². The number of carbonyl (C=O) groups is 1. The minimum atomic E-state index is -0.0417. The Morgan fingerprint density at radius 2 is 1.81 bits per heavy atom. The lowest BCUT2D eigenvalue weighted by atomic mass is 9.99. The van der Waals surface area contributed by atoms with Crippen molar-refractivity contribution in [2.24, 2.45) is 0 Å². The molecule has 1 N–H and O–H groups in total. The number of amides is 2. The standard InChI is InChI=1S/C21H22N4OS/c26-21(22-18-11-5-2-6-12-18)25-13-7-10-17(15-25)20-24-23-19(27-20)14-16-8-3-1-4-9-16/h1-6,8-9,11-12,17H,7,10,13-15H2,(H,22,26). The lowest BCUT2D eigenvalue weighted by Gasteiger charge is -2.31. The zero-order valence-electron chi connectivity index (χ0n) is 15.0. The Balaban J connectivity index is 1.39. The van der Waals surface area contributed by atoms with E-state index in [0.29, 0.717) is 6.54 Å². The van der Waals surface area contributed by atoms with Gasteiger partial charge < -0.3 is 10.2 Å². The van der Waals surface area contributed by atoms with E-state index in [1.165, 1.54) is 5.56 Å². The summed E-state index contributed by atoms with van der Waals surface area (Å²) >= 11 is 1.67. The van der Waals surface area contributed by atoms with E-state index in [0.717, 1.165) is 41.5 Å². The van der Waals surface area contributed by atoms with Crippen LogP contribution in [0.15, 0.2) is 60.7 Å². The predicted molar refractivity (Wildman–Crippen MR) is 108 cm³/mol. The van der Waals surface area contributed by atoms with Gasteiger partial charge in [-0.15, -0.1) is 21.5 Å². The predicted octanol–water partition coefficient (Wildman–Crippen LogP) is 4.54. The first-order valence-electron chi connectivity index (χ1n) is 9.25. The smallest absolute Gasteiger partial charge is 0.321 e. The number of urea groups is 1. The third-order valence-electron chi connectivity index (χ3n) is 4.76. The Bertz CT molecular complexity index is 881. The van der Waals surface area contributed by atoms with E-state index in [2.05, 4.69) is 27.6 Å². The van der Waals surface area contributed by atoms with Crippen LogP contribution in [0.1, 0.15) is 34.3 Å². The zero-order valence-corrected chi connectivity index (χ0v) is 15.9. The first-order chi connectivity index (χ1) is 13.3. The number of nitrogens with one attached hydrogen (secondary N) is 1. The van der Waals surface area contributed by atoms with Crippen LogP contribution in [0.2, 0.25) is 0 Å². The highest BCUT2D eigenvalue weighted by atomic mass is 32.1. The van der Waals surface area contributed by atoms with Gasteiger partial charge in [-0.05, 0) is 30.5 Å². The summed E-state index contributed by atoms with van der Waals surface area (Å²) < 4.78 is 0. The molecule has 0 aliphatic carbocycles. The molecule has 1 aliphatic rings. The van der Waals surface area contributed by atoms with Gasteiger partial charge in [0.2, 0.25) is 0 Å². The quantitative estimate of drug-likeness (QED) is 0.725. The number of hydrogen-bond donors (Lipinski definition) is 1. The van der Waals surface area contributed by atoms with E-state index in [9.17, 15) is 4.79 Å². The molecule has 1 saturated heterocycles. The lowest BCUT2D eigenvalue weighted by molar-refractivity contribution is 0.192. The molecule has 6 heteroatoms. The molecule has 0 radical (unpaired) electrons. The van der Waals surface area contributed by atoms with Crippen molar-refractivity contribution < 1.29 is 4.79 Å². The fourth-order valence-corrected chi connectivity index (χ4v) is 4.36. The molecule has 3 aromatic rings. The maximum atomic E-state index is 12.6. The van der Waals surface area contributed by atoms with E-state index in [1.54, 1.807) is 11.3 Å². The number of para-hydroxylation sites is 1. The number of piperidine rings is 1. The highest BCUT2D eigenvalue weighted by molar-refractivity contribution is 7.11. The van der Waals surface area contributed by atoms with Gasteiger partial charge in [0.05, 0.1) is 0 Å². The molecule has 0 saturated carbocycles. The highest BCUT2D eigenvalue weighted by Gasteiger charge is 2.27. The summed E-state index contributed by atoms with van der Waals surface area (Å²) in [4.78, 5) is 14.5. The van der Waals surface area contributed by atoms with Gasteiger partial charge in [0.25, 0.3) is 0 Å². The monoisotopic (exact) mass is 378 g/mol. The van der Waals surface area contributed by atoms with Gasteiger partial charge in [-0.3, -0.25) is 0 Å². The molecule has 1 atom stereocenters. The topological polar surface area (TPSA) is 58.1 Å². The van der Waals surface area contributed by atoms with Crippen molar-refractivity contribution in [1.82, 2.24) is 15.1 Å². The van der Waals surface area contributed by atoms with Crippen molar-refractivity contribution in [1.29, 1.82) is 0 Å². The number of rotatable bonds is 4. The molecule has 2 aromatic carbocycles. The van der Waals surface area contributed by atoms with E-state index in [-0.39, 0.29) is 11.9 Å². The van der Waals surface area contributed by atoms with Crippen LogP contribution >= 0.6 is 11.3 Å². The maximum Gasteiger partial charge on any atom is 0.321 e. The highest BCUT2D eigenvalue weighted by Crippen LogP contribution is 2.30. The van der Waals surface area contributed by atoms with Crippen molar-refractivity contribution in [2.45, 2.75) is 25.2 Å². The Morgan fingerprint density at radius 3 is 2.59 bits per heavy atom. The molecule has 0 spiro atoms. The number of nitrogens with zero attached hydrogens (tertiary/aromatic N) is 3. The van der Waals surface area contributed by atoms with Crippen LogP contribution in [0.5, 0.6) is 0 Å². The van der Waals surface area contributed by atoms with Gasteiger partial charge in [0.15, 0.2) is 0 Å². The minimum absolute atomic E-state index is 0.0417. The molecule has 1 aromatic heterocycles. The number of hydrogen-bond acceptors (Lipinski definition) is 4.